The molecule has 1 aromatic rings. The first-order valence-corrected chi connectivity index (χ1v) is 9.00. The van der Waals surface area contributed by atoms with Gasteiger partial charge in [-0.15, -0.1) is 5.10 Å². The first-order chi connectivity index (χ1) is 6.89. The molecule has 1 aliphatic carbocycles. The molecule has 0 amide bonds. The van der Waals surface area contributed by atoms with Gasteiger partial charge in [0.25, 0.3) is 0 Å². The highest BCUT2D eigenvalue weighted by molar-refractivity contribution is 6.88. The van der Waals surface area contributed by atoms with E-state index in [1.807, 2.05) is 4.68 Å². The van der Waals surface area contributed by atoms with Gasteiger partial charge in [0.2, 0.25) is 0 Å². The van der Waals surface area contributed by atoms with Crippen LogP contribution in [0, 0.1) is 6.92 Å². The topological polar surface area (TPSA) is 50.9 Å². The highest BCUT2D eigenvalue weighted by Crippen LogP contribution is 2.31. The Morgan fingerprint density at radius 2 is 1.93 bits per heavy atom. The second-order valence-corrected chi connectivity index (χ2v) is 10.5. The molecule has 1 N–H and O–H groups in total. The van der Waals surface area contributed by atoms with E-state index in [9.17, 15) is 5.11 Å². The average Bonchev–Trinajstić information content (AvgIpc) is 2.40. The second-order valence-electron chi connectivity index (χ2n) is 5.50. The van der Waals surface area contributed by atoms with Gasteiger partial charge >= 0.3 is 0 Å². The lowest BCUT2D eigenvalue weighted by Crippen LogP contribution is -2.41. The molecule has 0 aliphatic heterocycles. The van der Waals surface area contributed by atoms with Crippen molar-refractivity contribution in [3.8, 4) is 0 Å². The van der Waals surface area contributed by atoms with E-state index in [1.54, 1.807) is 0 Å². The fourth-order valence-electron chi connectivity index (χ4n) is 2.14. The molecule has 1 saturated carbocycles. The Labute approximate surface area is 91.3 Å². The predicted molar refractivity (Wildman–Crippen MR) is 62.0 cm³/mol. The van der Waals surface area contributed by atoms with Gasteiger partial charge in [-0.1, -0.05) is 24.9 Å². The standard InChI is InChI=1S/C10H19N3OSi/c1-7-10(15(2,3)4)11-12-13(7)8-5-9(14)6-8/h8-9,14H,5-6H2,1-4H3. The van der Waals surface area contributed by atoms with Crippen LogP contribution in [0.15, 0.2) is 0 Å². The summed E-state index contributed by atoms with van der Waals surface area (Å²) in [5.41, 5.74) is 1.20. The van der Waals surface area contributed by atoms with Crippen LogP contribution in [0.1, 0.15) is 24.6 Å². The number of rotatable bonds is 2. The van der Waals surface area contributed by atoms with E-state index in [-0.39, 0.29) is 6.10 Å². The van der Waals surface area contributed by atoms with E-state index in [0.29, 0.717) is 6.04 Å². The SMILES string of the molecule is Cc1c([Si](C)(C)C)nnn1C1CC(O)C1. The minimum absolute atomic E-state index is 0.131. The van der Waals surface area contributed by atoms with Crippen molar-refractivity contribution in [2.75, 3.05) is 0 Å². The molecule has 84 valence electrons. The predicted octanol–water partition coefficient (Wildman–Crippen LogP) is 0.828. The second kappa shape index (κ2) is 3.42. The highest BCUT2D eigenvalue weighted by Gasteiger charge is 2.33. The Hall–Kier alpha value is -0.683. The van der Waals surface area contributed by atoms with Gasteiger partial charge < -0.3 is 5.11 Å². The van der Waals surface area contributed by atoms with Crippen LogP contribution >= 0.6 is 0 Å². The van der Waals surface area contributed by atoms with Crippen molar-refractivity contribution >= 4 is 13.4 Å². The molecule has 1 aromatic heterocycles. The number of aromatic nitrogens is 3. The number of hydrogen-bond acceptors (Lipinski definition) is 3. The third-order valence-corrected chi connectivity index (χ3v) is 4.95. The monoisotopic (exact) mass is 225 g/mol. The Morgan fingerprint density at radius 3 is 2.33 bits per heavy atom. The van der Waals surface area contributed by atoms with E-state index in [1.165, 1.54) is 11.0 Å². The molecule has 0 bridgehead atoms. The number of nitrogens with zero attached hydrogens (tertiary/aromatic N) is 3. The summed E-state index contributed by atoms with van der Waals surface area (Å²) in [6.07, 6.45) is 1.53. The first kappa shape index (κ1) is 10.8. The highest BCUT2D eigenvalue weighted by atomic mass is 28.3. The summed E-state index contributed by atoms with van der Waals surface area (Å²) in [7, 11) is -1.37. The van der Waals surface area contributed by atoms with Crippen LogP contribution < -0.4 is 5.32 Å². The maximum Gasteiger partial charge on any atom is 0.106 e. The van der Waals surface area contributed by atoms with Crippen LogP contribution in [0.4, 0.5) is 0 Å². The molecular weight excluding hydrogens is 206 g/mol. The lowest BCUT2D eigenvalue weighted by atomic mass is 9.89. The van der Waals surface area contributed by atoms with Gasteiger partial charge in [0.05, 0.1) is 23.2 Å². The van der Waals surface area contributed by atoms with E-state index in [0.717, 1.165) is 12.8 Å². The largest absolute Gasteiger partial charge is 0.393 e. The maximum atomic E-state index is 9.28. The number of aliphatic hydroxyl groups excluding tert-OH is 1. The molecule has 5 heteroatoms. The molecule has 0 unspecified atom stereocenters. The van der Waals surface area contributed by atoms with Gasteiger partial charge in [0.1, 0.15) is 8.07 Å². The van der Waals surface area contributed by atoms with E-state index in [2.05, 4.69) is 36.9 Å². The Kier molecular flexibility index (Phi) is 2.46. The van der Waals surface area contributed by atoms with E-state index < -0.39 is 8.07 Å². The van der Waals surface area contributed by atoms with Crippen molar-refractivity contribution in [2.24, 2.45) is 0 Å². The Bertz CT molecular complexity index is 363. The maximum absolute atomic E-state index is 9.28. The third kappa shape index (κ3) is 1.86. The third-order valence-electron chi connectivity index (χ3n) is 3.07. The molecule has 1 fully saturated rings. The van der Waals surface area contributed by atoms with Crippen LogP contribution in [-0.4, -0.2) is 34.3 Å². The molecule has 0 atom stereocenters. The molecule has 0 saturated heterocycles. The van der Waals surface area contributed by atoms with Crippen molar-refractivity contribution < 1.29 is 5.11 Å². The fourth-order valence-corrected chi connectivity index (χ4v) is 3.68. The number of hydrogen-bond donors (Lipinski definition) is 1. The van der Waals surface area contributed by atoms with Gasteiger partial charge in [0, 0.05) is 0 Å². The van der Waals surface area contributed by atoms with Crippen molar-refractivity contribution in [3.63, 3.8) is 0 Å². The molecule has 1 heterocycles. The molecule has 1 aliphatic rings. The lowest BCUT2D eigenvalue weighted by molar-refractivity contribution is 0.0418. The summed E-state index contributed by atoms with van der Waals surface area (Å²) in [5.74, 6) is 0. The van der Waals surface area contributed by atoms with Crippen LogP contribution in [0.3, 0.4) is 0 Å². The summed E-state index contributed by atoms with van der Waals surface area (Å²) < 4.78 is 2.00. The zero-order valence-corrected chi connectivity index (χ0v) is 10.9. The summed E-state index contributed by atoms with van der Waals surface area (Å²) >= 11 is 0. The Balaban J connectivity index is 2.25. The minimum atomic E-state index is -1.37. The quantitative estimate of drug-likeness (QED) is 0.758. The van der Waals surface area contributed by atoms with E-state index >= 15 is 0 Å². The summed E-state index contributed by atoms with van der Waals surface area (Å²) in [6.45, 7) is 8.94. The molecule has 0 radical (unpaired) electrons. The van der Waals surface area contributed by atoms with Crippen LogP contribution in [0.2, 0.25) is 19.6 Å². The van der Waals surface area contributed by atoms with Gasteiger partial charge in [-0.3, -0.25) is 0 Å². The summed E-state index contributed by atoms with van der Waals surface area (Å²) in [5, 5.41) is 19.0. The smallest absolute Gasteiger partial charge is 0.106 e. The van der Waals surface area contributed by atoms with Crippen LogP contribution in [0.25, 0.3) is 0 Å². The van der Waals surface area contributed by atoms with E-state index in [4.69, 9.17) is 0 Å². The van der Waals surface area contributed by atoms with Gasteiger partial charge in [-0.2, -0.15) is 0 Å². The zero-order chi connectivity index (χ0) is 11.2. The van der Waals surface area contributed by atoms with Crippen molar-refractivity contribution in [1.29, 1.82) is 0 Å². The molecule has 0 aromatic carbocycles. The van der Waals surface area contributed by atoms with Crippen molar-refractivity contribution in [3.05, 3.63) is 5.69 Å². The first-order valence-electron chi connectivity index (χ1n) is 5.50. The molecule has 0 spiro atoms. The van der Waals surface area contributed by atoms with Gasteiger partial charge in [-0.25, -0.2) is 4.68 Å². The normalized spacial score (nSPS) is 26.5. The van der Waals surface area contributed by atoms with Gasteiger partial charge in [-0.05, 0) is 19.8 Å². The van der Waals surface area contributed by atoms with Crippen LogP contribution in [0.5, 0.6) is 0 Å². The fraction of sp³-hybridized carbons (Fsp3) is 0.800. The zero-order valence-electron chi connectivity index (χ0n) is 9.86. The number of aliphatic hydroxyl groups is 1. The summed E-state index contributed by atoms with van der Waals surface area (Å²) in [6, 6.07) is 0.373. The molecule has 4 nitrogen and oxygen atoms in total. The van der Waals surface area contributed by atoms with Crippen molar-refractivity contribution in [2.45, 2.75) is 51.6 Å². The lowest BCUT2D eigenvalue weighted by Gasteiger charge is -2.32. The molecule has 15 heavy (non-hydrogen) atoms. The summed E-state index contributed by atoms with van der Waals surface area (Å²) in [4.78, 5) is 0. The van der Waals surface area contributed by atoms with Crippen LogP contribution in [-0.2, 0) is 0 Å². The average molecular weight is 225 g/mol. The minimum Gasteiger partial charge on any atom is -0.393 e. The Morgan fingerprint density at radius 1 is 1.33 bits per heavy atom. The van der Waals surface area contributed by atoms with Gasteiger partial charge in [0.15, 0.2) is 0 Å². The van der Waals surface area contributed by atoms with Crippen molar-refractivity contribution in [1.82, 2.24) is 15.0 Å². The molecular formula is C10H19N3OSi. The molecule has 2 rings (SSSR count).